The number of carbonyl (C=O) groups is 2. The summed E-state index contributed by atoms with van der Waals surface area (Å²) in [5, 5.41) is 8.79. The molecule has 1 aliphatic heterocycles. The van der Waals surface area contributed by atoms with E-state index in [4.69, 9.17) is 21.4 Å². The van der Waals surface area contributed by atoms with Crippen molar-refractivity contribution in [2.24, 2.45) is 0 Å². The van der Waals surface area contributed by atoms with Gasteiger partial charge < -0.3 is 19.6 Å². The van der Waals surface area contributed by atoms with Crippen LogP contribution in [0.15, 0.2) is 12.1 Å². The third-order valence-electron chi connectivity index (χ3n) is 3.16. The summed E-state index contributed by atoms with van der Waals surface area (Å²) in [7, 11) is 1.72. The largest absolute Gasteiger partial charge is 0.481 e. The Morgan fingerprint density at radius 1 is 1.57 bits per heavy atom. The van der Waals surface area contributed by atoms with Crippen molar-refractivity contribution in [3.63, 3.8) is 0 Å². The summed E-state index contributed by atoms with van der Waals surface area (Å²) in [6.45, 7) is 1.63. The highest BCUT2D eigenvalue weighted by Gasteiger charge is 2.27. The molecular formula is C13H17ClN2O4S. The summed E-state index contributed by atoms with van der Waals surface area (Å²) < 4.78 is 6.06. The predicted molar refractivity (Wildman–Crippen MR) is 79.8 cm³/mol. The molecule has 0 saturated carbocycles. The average Bonchev–Trinajstić information content (AvgIpc) is 2.82. The van der Waals surface area contributed by atoms with Crippen molar-refractivity contribution >= 4 is 34.9 Å². The molecule has 2 amide bonds. The van der Waals surface area contributed by atoms with E-state index in [0.29, 0.717) is 30.6 Å². The zero-order valence-electron chi connectivity index (χ0n) is 11.6. The van der Waals surface area contributed by atoms with Gasteiger partial charge in [-0.15, -0.1) is 11.3 Å². The minimum atomic E-state index is -0.920. The highest BCUT2D eigenvalue weighted by Crippen LogP contribution is 2.23. The Hall–Kier alpha value is -1.31. The van der Waals surface area contributed by atoms with Crippen LogP contribution in [0.2, 0.25) is 4.34 Å². The number of halogens is 1. The van der Waals surface area contributed by atoms with Crippen LogP contribution >= 0.6 is 22.9 Å². The lowest BCUT2D eigenvalue weighted by Gasteiger charge is -2.34. The van der Waals surface area contributed by atoms with Gasteiger partial charge in [0.2, 0.25) is 0 Å². The van der Waals surface area contributed by atoms with Gasteiger partial charge in [-0.25, -0.2) is 4.79 Å². The molecule has 8 heteroatoms. The van der Waals surface area contributed by atoms with Crippen LogP contribution in [0.5, 0.6) is 0 Å². The third-order valence-corrected chi connectivity index (χ3v) is 4.38. The Morgan fingerprint density at radius 2 is 2.33 bits per heavy atom. The van der Waals surface area contributed by atoms with Crippen LogP contribution in [-0.4, -0.2) is 59.8 Å². The molecule has 1 saturated heterocycles. The minimum absolute atomic E-state index is 0.0893. The molecule has 0 radical (unpaired) electrons. The Kier molecular flexibility index (Phi) is 5.44. The van der Waals surface area contributed by atoms with Gasteiger partial charge in [0.15, 0.2) is 0 Å². The number of carboxylic acid groups (broad SMARTS) is 1. The van der Waals surface area contributed by atoms with E-state index in [9.17, 15) is 9.59 Å². The van der Waals surface area contributed by atoms with Gasteiger partial charge in [0, 0.05) is 25.0 Å². The number of nitrogens with zero attached hydrogens (tertiary/aromatic N) is 2. The number of morpholine rings is 1. The second kappa shape index (κ2) is 7.11. The van der Waals surface area contributed by atoms with Crippen LogP contribution in [0.25, 0.3) is 0 Å². The molecule has 2 heterocycles. The molecule has 0 aromatic carbocycles. The molecule has 1 fully saturated rings. The van der Waals surface area contributed by atoms with Crippen molar-refractivity contribution in [2.45, 2.75) is 19.1 Å². The molecule has 116 valence electrons. The van der Waals surface area contributed by atoms with E-state index in [1.165, 1.54) is 11.3 Å². The van der Waals surface area contributed by atoms with Crippen molar-refractivity contribution < 1.29 is 19.4 Å². The zero-order valence-corrected chi connectivity index (χ0v) is 13.2. The van der Waals surface area contributed by atoms with Gasteiger partial charge in [-0.2, -0.15) is 0 Å². The number of urea groups is 1. The second-order valence-electron chi connectivity index (χ2n) is 4.88. The van der Waals surface area contributed by atoms with Crippen LogP contribution in [0.3, 0.4) is 0 Å². The topological polar surface area (TPSA) is 70.1 Å². The van der Waals surface area contributed by atoms with Crippen molar-refractivity contribution in [1.29, 1.82) is 0 Å². The normalized spacial score (nSPS) is 18.6. The Morgan fingerprint density at radius 3 is 2.95 bits per heavy atom. The van der Waals surface area contributed by atoms with Crippen molar-refractivity contribution in [3.8, 4) is 0 Å². The van der Waals surface area contributed by atoms with E-state index in [1.54, 1.807) is 22.9 Å². The first kappa shape index (κ1) is 16.1. The molecule has 0 aliphatic carbocycles. The molecular weight excluding hydrogens is 316 g/mol. The fourth-order valence-electron chi connectivity index (χ4n) is 2.19. The lowest BCUT2D eigenvalue weighted by molar-refractivity contribution is -0.141. The van der Waals surface area contributed by atoms with Crippen LogP contribution in [-0.2, 0) is 16.1 Å². The molecule has 0 bridgehead atoms. The van der Waals surface area contributed by atoms with Gasteiger partial charge in [0.25, 0.3) is 0 Å². The number of ether oxygens (including phenoxy) is 1. The number of hydrogen-bond acceptors (Lipinski definition) is 4. The molecule has 1 aliphatic rings. The van der Waals surface area contributed by atoms with E-state index < -0.39 is 12.1 Å². The van der Waals surface area contributed by atoms with Crippen molar-refractivity contribution in [3.05, 3.63) is 21.3 Å². The number of aliphatic carboxylic acids is 1. The fraction of sp³-hybridized carbons (Fsp3) is 0.538. The zero-order chi connectivity index (χ0) is 15.4. The van der Waals surface area contributed by atoms with Gasteiger partial charge in [-0.05, 0) is 12.1 Å². The summed E-state index contributed by atoms with van der Waals surface area (Å²) in [6, 6.07) is 3.57. The predicted octanol–water partition coefficient (Wildman–Crippen LogP) is 2.13. The van der Waals surface area contributed by atoms with Crippen LogP contribution in [0.1, 0.15) is 11.3 Å². The van der Waals surface area contributed by atoms with E-state index in [1.807, 2.05) is 6.07 Å². The molecule has 2 rings (SSSR count). The van der Waals surface area contributed by atoms with Crippen molar-refractivity contribution in [1.82, 2.24) is 9.80 Å². The molecule has 1 unspecified atom stereocenters. The van der Waals surface area contributed by atoms with E-state index >= 15 is 0 Å². The summed E-state index contributed by atoms with van der Waals surface area (Å²) in [5.41, 5.74) is 0. The molecule has 6 nitrogen and oxygen atoms in total. The molecule has 0 spiro atoms. The smallest absolute Gasteiger partial charge is 0.320 e. The number of rotatable bonds is 4. The number of carbonyl (C=O) groups excluding carboxylic acids is 1. The minimum Gasteiger partial charge on any atom is -0.481 e. The Balaban J connectivity index is 1.90. The summed E-state index contributed by atoms with van der Waals surface area (Å²) in [4.78, 5) is 27.3. The van der Waals surface area contributed by atoms with E-state index in [2.05, 4.69) is 0 Å². The summed E-state index contributed by atoms with van der Waals surface area (Å²) in [6.07, 6.45) is -0.529. The molecule has 1 aromatic rings. The van der Waals surface area contributed by atoms with E-state index in [-0.39, 0.29) is 12.5 Å². The van der Waals surface area contributed by atoms with Crippen LogP contribution < -0.4 is 0 Å². The highest BCUT2D eigenvalue weighted by atomic mass is 35.5. The van der Waals surface area contributed by atoms with E-state index in [0.717, 1.165) is 4.88 Å². The summed E-state index contributed by atoms with van der Waals surface area (Å²) >= 11 is 7.31. The third kappa shape index (κ3) is 4.59. The number of thiophene rings is 1. The quantitative estimate of drug-likeness (QED) is 0.917. The van der Waals surface area contributed by atoms with Crippen LogP contribution in [0.4, 0.5) is 4.79 Å². The monoisotopic (exact) mass is 332 g/mol. The Bertz CT molecular complexity index is 522. The maximum atomic E-state index is 12.4. The lowest BCUT2D eigenvalue weighted by Crippen LogP contribution is -2.50. The second-order valence-corrected chi connectivity index (χ2v) is 6.68. The first-order chi connectivity index (χ1) is 9.95. The van der Waals surface area contributed by atoms with Gasteiger partial charge in [0.05, 0.1) is 30.0 Å². The fourth-order valence-corrected chi connectivity index (χ4v) is 3.33. The first-order valence-corrected chi connectivity index (χ1v) is 7.73. The molecule has 1 aromatic heterocycles. The highest BCUT2D eigenvalue weighted by molar-refractivity contribution is 7.16. The van der Waals surface area contributed by atoms with Gasteiger partial charge in [-0.3, -0.25) is 4.79 Å². The SMILES string of the molecule is CN(Cc1ccc(Cl)s1)C(=O)N1CCOC(CC(=O)O)C1. The van der Waals surface area contributed by atoms with Crippen LogP contribution in [0, 0.1) is 0 Å². The molecule has 1 N–H and O–H groups in total. The Labute approximate surface area is 131 Å². The molecule has 21 heavy (non-hydrogen) atoms. The number of carboxylic acids is 1. The standard InChI is InChI=1S/C13H17ClN2O4S/c1-15(8-10-2-3-11(14)21-10)13(19)16-4-5-20-9(7-16)6-12(17)18/h2-3,9H,4-8H2,1H3,(H,17,18). The number of amides is 2. The van der Waals surface area contributed by atoms with Gasteiger partial charge in [-0.1, -0.05) is 11.6 Å². The van der Waals surface area contributed by atoms with Gasteiger partial charge in [0.1, 0.15) is 0 Å². The first-order valence-electron chi connectivity index (χ1n) is 6.53. The average molecular weight is 333 g/mol. The maximum absolute atomic E-state index is 12.4. The van der Waals surface area contributed by atoms with Gasteiger partial charge >= 0.3 is 12.0 Å². The number of hydrogen-bond donors (Lipinski definition) is 1. The maximum Gasteiger partial charge on any atom is 0.320 e. The molecule has 1 atom stereocenters. The lowest BCUT2D eigenvalue weighted by atomic mass is 10.2. The summed E-state index contributed by atoms with van der Waals surface area (Å²) in [5.74, 6) is -0.920. The van der Waals surface area contributed by atoms with Crippen molar-refractivity contribution in [2.75, 3.05) is 26.7 Å².